The molecule has 0 spiro atoms. The highest BCUT2D eigenvalue weighted by Crippen LogP contribution is 2.35. The van der Waals surface area contributed by atoms with Crippen molar-refractivity contribution in [3.63, 3.8) is 0 Å². The molecule has 0 N–H and O–H groups in total. The van der Waals surface area contributed by atoms with Crippen LogP contribution in [0.1, 0.15) is 39.7 Å². The highest BCUT2D eigenvalue weighted by atomic mass is 19.1. The number of carbonyl (C=O) groups is 1. The van der Waals surface area contributed by atoms with Gasteiger partial charge in [0.15, 0.2) is 5.69 Å². The Balaban J connectivity index is 1.43. The lowest BCUT2D eigenvalue weighted by Gasteiger charge is -2.47. The summed E-state index contributed by atoms with van der Waals surface area (Å²) >= 11 is 0. The molecule has 2 saturated heterocycles. The number of carbonyl (C=O) groups excluding carboxylic acids is 1. The summed E-state index contributed by atoms with van der Waals surface area (Å²) in [6, 6.07) is 4.09. The van der Waals surface area contributed by atoms with Crippen molar-refractivity contribution in [1.82, 2.24) is 15.0 Å². The van der Waals surface area contributed by atoms with Crippen molar-refractivity contribution >= 4 is 11.8 Å². The number of likely N-dealkylation sites (tertiary alicyclic amines) is 1. The van der Waals surface area contributed by atoms with Crippen molar-refractivity contribution in [2.45, 2.75) is 45.5 Å². The number of piperidine rings is 1. The number of fused-ring (bicyclic) bond motifs is 2. The Bertz CT molecular complexity index is 1050. The molecular formula is C23H27FN4O5. The van der Waals surface area contributed by atoms with Gasteiger partial charge in [-0.1, -0.05) is 17.3 Å². The Kier molecular flexibility index (Phi) is 6.36. The van der Waals surface area contributed by atoms with Crippen molar-refractivity contribution in [3.05, 3.63) is 41.3 Å². The minimum absolute atomic E-state index is 0.0199. The lowest BCUT2D eigenvalue weighted by Crippen LogP contribution is -2.58. The molecule has 2 aromatic rings. The normalized spacial score (nSPS) is 23.6. The second-order valence-corrected chi connectivity index (χ2v) is 9.42. The van der Waals surface area contributed by atoms with Crippen LogP contribution in [0.2, 0.25) is 0 Å². The van der Waals surface area contributed by atoms with Crippen LogP contribution >= 0.6 is 0 Å². The van der Waals surface area contributed by atoms with Crippen LogP contribution in [-0.4, -0.2) is 59.1 Å². The van der Waals surface area contributed by atoms with E-state index in [1.165, 1.54) is 12.1 Å². The molecule has 176 valence electrons. The van der Waals surface area contributed by atoms with E-state index in [9.17, 15) is 9.18 Å². The molecule has 2 fully saturated rings. The zero-order chi connectivity index (χ0) is 23.8. The van der Waals surface area contributed by atoms with E-state index in [2.05, 4.69) is 15.0 Å². The van der Waals surface area contributed by atoms with Crippen LogP contribution in [0.5, 0.6) is 0 Å². The third-order valence-corrected chi connectivity index (χ3v) is 5.63. The van der Waals surface area contributed by atoms with Gasteiger partial charge in [-0.15, -0.1) is 0 Å². The maximum absolute atomic E-state index is 14.3. The fourth-order valence-electron chi connectivity index (χ4n) is 4.16. The summed E-state index contributed by atoms with van der Waals surface area (Å²) in [6.07, 6.45) is -1.02. The maximum atomic E-state index is 14.3. The van der Waals surface area contributed by atoms with E-state index in [1.807, 2.05) is 20.8 Å². The van der Waals surface area contributed by atoms with Crippen molar-refractivity contribution in [2.75, 3.05) is 26.3 Å². The number of nitrogens with zero attached hydrogens (tertiary/aromatic N) is 4. The molecule has 0 saturated carbocycles. The van der Waals surface area contributed by atoms with Crippen LogP contribution in [-0.2, 0) is 14.2 Å². The van der Waals surface area contributed by atoms with Gasteiger partial charge in [-0.3, -0.25) is 0 Å². The van der Waals surface area contributed by atoms with Crippen LogP contribution in [0.15, 0.2) is 22.7 Å². The minimum atomic E-state index is -0.592. The SMILES string of the molecule is [C-]#[N+]c1ccc(-c2noc([C@@H](C)OC3C4COCC3CN(C(=O)OC(C)(C)C)C4)n2)c(F)c1. The second-order valence-electron chi connectivity index (χ2n) is 9.42. The first kappa shape index (κ1) is 23.1. The van der Waals surface area contributed by atoms with E-state index in [0.717, 1.165) is 6.07 Å². The van der Waals surface area contributed by atoms with E-state index in [1.54, 1.807) is 11.8 Å². The summed E-state index contributed by atoms with van der Waals surface area (Å²) in [7, 11) is 0. The van der Waals surface area contributed by atoms with Crippen LogP contribution in [0.25, 0.3) is 16.2 Å². The van der Waals surface area contributed by atoms with Crippen molar-refractivity contribution < 1.29 is 27.9 Å². The Labute approximate surface area is 191 Å². The summed E-state index contributed by atoms with van der Waals surface area (Å²) in [5, 5.41) is 3.88. The Morgan fingerprint density at radius 1 is 1.30 bits per heavy atom. The first-order valence-electron chi connectivity index (χ1n) is 10.9. The summed E-state index contributed by atoms with van der Waals surface area (Å²) in [4.78, 5) is 21.8. The van der Waals surface area contributed by atoms with E-state index in [-0.39, 0.29) is 47.0 Å². The Morgan fingerprint density at radius 2 is 2.00 bits per heavy atom. The van der Waals surface area contributed by atoms with Crippen LogP contribution < -0.4 is 0 Å². The van der Waals surface area contributed by atoms with Crippen molar-refractivity contribution in [3.8, 4) is 11.4 Å². The van der Waals surface area contributed by atoms with Gasteiger partial charge in [-0.2, -0.15) is 4.98 Å². The van der Waals surface area contributed by atoms with Gasteiger partial charge >= 0.3 is 6.09 Å². The summed E-state index contributed by atoms with van der Waals surface area (Å²) < 4.78 is 37.2. The standard InChI is InChI=1S/C23H27FN4O5/c1-13(21-26-20(27-33-21)17-7-6-16(25-5)8-18(17)24)31-19-14-9-28(10-15(19)12-30-11-14)22(29)32-23(2,3)4/h6-8,13-15,19H,9-12H2,1-4H3/t13-,14?,15?,19?/m1/s1. The molecule has 3 atom stereocenters. The summed E-state index contributed by atoms with van der Waals surface area (Å²) in [5.41, 5.74) is -0.209. The minimum Gasteiger partial charge on any atom is -0.444 e. The van der Waals surface area contributed by atoms with Gasteiger partial charge in [0.05, 0.1) is 31.5 Å². The third-order valence-electron chi connectivity index (χ3n) is 5.63. The number of benzene rings is 1. The van der Waals surface area contributed by atoms with Crippen molar-refractivity contribution in [2.24, 2.45) is 11.8 Å². The molecule has 1 aromatic carbocycles. The number of halogens is 1. The lowest BCUT2D eigenvalue weighted by molar-refractivity contribution is -0.168. The summed E-state index contributed by atoms with van der Waals surface area (Å²) in [5.74, 6) is -0.308. The molecule has 1 amide bonds. The van der Waals surface area contributed by atoms with Gasteiger partial charge in [0, 0.05) is 24.9 Å². The quantitative estimate of drug-likeness (QED) is 0.628. The number of amides is 1. The maximum Gasteiger partial charge on any atom is 0.410 e. The van der Waals surface area contributed by atoms with Crippen molar-refractivity contribution in [1.29, 1.82) is 0 Å². The molecule has 3 heterocycles. The number of aromatic nitrogens is 2. The van der Waals surface area contributed by atoms with Crippen LogP contribution in [0.3, 0.4) is 0 Å². The molecule has 4 rings (SSSR count). The number of hydrogen-bond donors (Lipinski definition) is 0. The predicted octanol–water partition coefficient (Wildman–Crippen LogP) is 4.39. The van der Waals surface area contributed by atoms with Gasteiger partial charge in [-0.05, 0) is 33.8 Å². The average molecular weight is 458 g/mol. The van der Waals surface area contributed by atoms with E-state index < -0.39 is 17.5 Å². The topological polar surface area (TPSA) is 91.3 Å². The Hall–Kier alpha value is -3.03. The number of ether oxygens (including phenoxy) is 3. The van der Waals surface area contributed by atoms with Gasteiger partial charge in [0.2, 0.25) is 5.82 Å². The fourth-order valence-corrected chi connectivity index (χ4v) is 4.16. The molecule has 0 radical (unpaired) electrons. The molecule has 2 aliphatic rings. The van der Waals surface area contributed by atoms with Gasteiger partial charge in [-0.25, -0.2) is 14.0 Å². The molecule has 10 heteroatoms. The highest BCUT2D eigenvalue weighted by Gasteiger charge is 2.44. The third kappa shape index (κ3) is 5.15. The number of hydrogen-bond acceptors (Lipinski definition) is 7. The molecular weight excluding hydrogens is 431 g/mol. The molecule has 2 aliphatic heterocycles. The lowest BCUT2D eigenvalue weighted by atomic mass is 9.84. The fraction of sp³-hybridized carbons (Fsp3) is 0.565. The van der Waals surface area contributed by atoms with E-state index in [4.69, 9.17) is 25.3 Å². The zero-order valence-electron chi connectivity index (χ0n) is 19.1. The molecule has 2 bridgehead atoms. The monoisotopic (exact) mass is 458 g/mol. The first-order chi connectivity index (χ1) is 15.6. The van der Waals surface area contributed by atoms with Crippen LogP contribution in [0.4, 0.5) is 14.9 Å². The van der Waals surface area contributed by atoms with Gasteiger partial charge < -0.3 is 23.6 Å². The van der Waals surface area contributed by atoms with Gasteiger partial charge in [0.1, 0.15) is 17.5 Å². The van der Waals surface area contributed by atoms with E-state index in [0.29, 0.717) is 26.3 Å². The molecule has 1 aromatic heterocycles. The molecule has 0 aliphatic carbocycles. The Morgan fingerprint density at radius 3 is 2.61 bits per heavy atom. The van der Waals surface area contributed by atoms with Gasteiger partial charge in [0.25, 0.3) is 5.89 Å². The highest BCUT2D eigenvalue weighted by molar-refractivity contribution is 5.68. The molecule has 33 heavy (non-hydrogen) atoms. The largest absolute Gasteiger partial charge is 0.444 e. The zero-order valence-corrected chi connectivity index (χ0v) is 19.1. The first-order valence-corrected chi connectivity index (χ1v) is 10.9. The number of rotatable bonds is 4. The van der Waals surface area contributed by atoms with E-state index >= 15 is 0 Å². The molecule has 9 nitrogen and oxygen atoms in total. The second kappa shape index (κ2) is 9.08. The van der Waals surface area contributed by atoms with Crippen LogP contribution in [0, 0.1) is 24.2 Å². The smallest absolute Gasteiger partial charge is 0.410 e. The average Bonchev–Trinajstić information content (AvgIpc) is 3.22. The summed E-state index contributed by atoms with van der Waals surface area (Å²) in [6.45, 7) is 16.2. The predicted molar refractivity (Wildman–Crippen MR) is 115 cm³/mol. The molecule has 2 unspecified atom stereocenters.